The summed E-state index contributed by atoms with van der Waals surface area (Å²) in [5.74, 6) is 0.952. The number of H-pyrrole nitrogens is 1. The van der Waals surface area contributed by atoms with Crippen molar-refractivity contribution in [3.05, 3.63) is 53.2 Å². The molecule has 0 aliphatic carbocycles. The highest BCUT2D eigenvalue weighted by molar-refractivity contribution is 6.33. The molecule has 0 atom stereocenters. The summed E-state index contributed by atoms with van der Waals surface area (Å²) in [5.41, 5.74) is 4.38. The predicted molar refractivity (Wildman–Crippen MR) is 87.4 cm³/mol. The Morgan fingerprint density at radius 2 is 1.86 bits per heavy atom. The molecule has 0 saturated carbocycles. The Morgan fingerprint density at radius 1 is 1.14 bits per heavy atom. The van der Waals surface area contributed by atoms with Crippen LogP contribution in [0.2, 0.25) is 5.02 Å². The Morgan fingerprint density at radius 3 is 2.55 bits per heavy atom. The fourth-order valence-electron chi connectivity index (χ4n) is 2.41. The summed E-state index contributed by atoms with van der Waals surface area (Å²) in [5, 5.41) is 17.5. The van der Waals surface area contributed by atoms with Crippen molar-refractivity contribution in [1.82, 2.24) is 10.2 Å². The van der Waals surface area contributed by atoms with Gasteiger partial charge < -0.3 is 9.84 Å². The van der Waals surface area contributed by atoms with Crippen molar-refractivity contribution in [3.63, 3.8) is 0 Å². The second-order valence-corrected chi connectivity index (χ2v) is 5.37. The van der Waals surface area contributed by atoms with Crippen LogP contribution in [0.4, 0.5) is 0 Å². The molecule has 0 saturated heterocycles. The Labute approximate surface area is 133 Å². The monoisotopic (exact) mass is 314 g/mol. The lowest BCUT2D eigenvalue weighted by Crippen LogP contribution is -1.88. The normalized spacial score (nSPS) is 10.7. The number of benzene rings is 2. The van der Waals surface area contributed by atoms with E-state index in [1.54, 1.807) is 19.2 Å². The first-order valence-electron chi connectivity index (χ1n) is 6.78. The molecule has 3 aromatic rings. The van der Waals surface area contributed by atoms with Gasteiger partial charge in [0.05, 0.1) is 7.11 Å². The van der Waals surface area contributed by atoms with Gasteiger partial charge in [-0.1, -0.05) is 11.6 Å². The summed E-state index contributed by atoms with van der Waals surface area (Å²) in [6.07, 6.45) is 0. The zero-order chi connectivity index (χ0) is 15.7. The van der Waals surface area contributed by atoms with E-state index >= 15 is 0 Å². The van der Waals surface area contributed by atoms with E-state index < -0.39 is 0 Å². The standard InChI is InChI=1S/C17H15ClN2O2/c1-10-16(14-9-13(22-2)7-8-15(14)18)17(20-19-10)11-3-5-12(21)6-4-11/h3-9,21H,1-2H3,(H,19,20). The quantitative estimate of drug-likeness (QED) is 0.752. The van der Waals surface area contributed by atoms with E-state index in [-0.39, 0.29) is 5.75 Å². The molecule has 4 nitrogen and oxygen atoms in total. The SMILES string of the molecule is COc1ccc(Cl)c(-c2c(-c3ccc(O)cc3)n[nH]c2C)c1. The second-order valence-electron chi connectivity index (χ2n) is 4.96. The van der Waals surface area contributed by atoms with E-state index in [2.05, 4.69) is 10.2 Å². The van der Waals surface area contributed by atoms with Crippen molar-refractivity contribution in [2.45, 2.75) is 6.92 Å². The van der Waals surface area contributed by atoms with Crippen LogP contribution in [0.1, 0.15) is 5.69 Å². The highest BCUT2D eigenvalue weighted by Crippen LogP contribution is 2.38. The van der Waals surface area contributed by atoms with Gasteiger partial charge in [-0.2, -0.15) is 5.10 Å². The number of aryl methyl sites for hydroxylation is 1. The van der Waals surface area contributed by atoms with Gasteiger partial charge >= 0.3 is 0 Å². The lowest BCUT2D eigenvalue weighted by atomic mass is 9.99. The van der Waals surface area contributed by atoms with Gasteiger partial charge in [-0.05, 0) is 49.4 Å². The van der Waals surface area contributed by atoms with Crippen molar-refractivity contribution < 1.29 is 9.84 Å². The summed E-state index contributed by atoms with van der Waals surface area (Å²) in [6.45, 7) is 1.95. The van der Waals surface area contributed by atoms with Crippen LogP contribution in [0, 0.1) is 6.92 Å². The van der Waals surface area contributed by atoms with Crippen LogP contribution < -0.4 is 4.74 Å². The molecule has 0 spiro atoms. The maximum absolute atomic E-state index is 9.44. The van der Waals surface area contributed by atoms with Crippen LogP contribution in [0.3, 0.4) is 0 Å². The topological polar surface area (TPSA) is 58.1 Å². The average Bonchev–Trinajstić information content (AvgIpc) is 2.90. The third kappa shape index (κ3) is 2.53. The van der Waals surface area contributed by atoms with E-state index in [0.717, 1.165) is 33.8 Å². The van der Waals surface area contributed by atoms with Crippen molar-refractivity contribution in [1.29, 1.82) is 0 Å². The largest absolute Gasteiger partial charge is 0.508 e. The number of rotatable bonds is 3. The number of nitrogens with zero attached hydrogens (tertiary/aromatic N) is 1. The number of phenols is 1. The zero-order valence-electron chi connectivity index (χ0n) is 12.2. The molecule has 112 valence electrons. The fourth-order valence-corrected chi connectivity index (χ4v) is 2.62. The number of phenolic OH excluding ortho intramolecular Hbond substituents is 1. The van der Waals surface area contributed by atoms with Gasteiger partial charge in [0.2, 0.25) is 0 Å². The van der Waals surface area contributed by atoms with Crippen LogP contribution in [-0.4, -0.2) is 22.4 Å². The smallest absolute Gasteiger partial charge is 0.119 e. The van der Waals surface area contributed by atoms with Crippen LogP contribution in [0.15, 0.2) is 42.5 Å². The highest BCUT2D eigenvalue weighted by atomic mass is 35.5. The number of nitrogens with one attached hydrogen (secondary N) is 1. The molecular formula is C17H15ClN2O2. The summed E-state index contributed by atoms with van der Waals surface area (Å²) < 4.78 is 5.29. The van der Waals surface area contributed by atoms with Crippen LogP contribution in [0.5, 0.6) is 11.5 Å². The molecule has 2 aromatic carbocycles. The Kier molecular flexibility index (Phi) is 3.77. The van der Waals surface area contributed by atoms with Gasteiger partial charge in [-0.3, -0.25) is 5.10 Å². The number of halogens is 1. The molecule has 1 heterocycles. The minimum atomic E-state index is 0.219. The van der Waals surface area contributed by atoms with Crippen molar-refractivity contribution in [2.75, 3.05) is 7.11 Å². The van der Waals surface area contributed by atoms with Crippen molar-refractivity contribution in [3.8, 4) is 33.9 Å². The number of hydrogen-bond acceptors (Lipinski definition) is 3. The van der Waals surface area contributed by atoms with Crippen molar-refractivity contribution in [2.24, 2.45) is 0 Å². The highest BCUT2D eigenvalue weighted by Gasteiger charge is 2.17. The molecule has 3 rings (SSSR count). The molecule has 0 unspecified atom stereocenters. The number of aromatic nitrogens is 2. The van der Waals surface area contributed by atoms with E-state index in [1.165, 1.54) is 0 Å². The number of aromatic amines is 1. The molecule has 0 bridgehead atoms. The minimum Gasteiger partial charge on any atom is -0.508 e. The maximum atomic E-state index is 9.44. The molecule has 1 aromatic heterocycles. The fraction of sp³-hybridized carbons (Fsp3) is 0.118. The number of aromatic hydroxyl groups is 1. The number of ether oxygens (including phenoxy) is 1. The Bertz CT molecular complexity index is 810. The molecule has 5 heteroatoms. The summed E-state index contributed by atoms with van der Waals surface area (Å²) in [4.78, 5) is 0. The molecule has 0 fully saturated rings. The third-order valence-corrected chi connectivity index (χ3v) is 3.86. The Hall–Kier alpha value is -2.46. The van der Waals surface area contributed by atoms with Crippen LogP contribution in [0.25, 0.3) is 22.4 Å². The first-order valence-corrected chi connectivity index (χ1v) is 7.16. The number of methoxy groups -OCH3 is 1. The third-order valence-electron chi connectivity index (χ3n) is 3.53. The average molecular weight is 315 g/mol. The molecule has 0 amide bonds. The van der Waals surface area contributed by atoms with Gasteiger partial charge in [-0.25, -0.2) is 0 Å². The maximum Gasteiger partial charge on any atom is 0.119 e. The Balaban J connectivity index is 2.20. The van der Waals surface area contributed by atoms with E-state index in [9.17, 15) is 5.11 Å². The zero-order valence-corrected chi connectivity index (χ0v) is 13.0. The van der Waals surface area contributed by atoms with Crippen molar-refractivity contribution >= 4 is 11.6 Å². The van der Waals surface area contributed by atoms with E-state index in [1.807, 2.05) is 37.3 Å². The van der Waals surface area contributed by atoms with E-state index in [0.29, 0.717) is 5.02 Å². The molecule has 0 aliphatic heterocycles. The molecule has 0 radical (unpaired) electrons. The summed E-state index contributed by atoms with van der Waals surface area (Å²) >= 11 is 6.36. The minimum absolute atomic E-state index is 0.219. The van der Waals surface area contributed by atoms with Gasteiger partial charge in [-0.15, -0.1) is 0 Å². The predicted octanol–water partition coefficient (Wildman–Crippen LogP) is 4.42. The summed E-state index contributed by atoms with van der Waals surface area (Å²) in [6, 6.07) is 12.4. The lowest BCUT2D eigenvalue weighted by Gasteiger charge is -2.09. The molecule has 22 heavy (non-hydrogen) atoms. The van der Waals surface area contributed by atoms with Crippen LogP contribution >= 0.6 is 11.6 Å². The number of hydrogen-bond donors (Lipinski definition) is 2. The van der Waals surface area contributed by atoms with Gasteiger partial charge in [0.1, 0.15) is 17.2 Å². The van der Waals surface area contributed by atoms with Gasteiger partial charge in [0.25, 0.3) is 0 Å². The van der Waals surface area contributed by atoms with Crippen LogP contribution in [-0.2, 0) is 0 Å². The summed E-state index contributed by atoms with van der Waals surface area (Å²) in [7, 11) is 1.62. The lowest BCUT2D eigenvalue weighted by molar-refractivity contribution is 0.415. The second kappa shape index (κ2) is 5.73. The molecular weight excluding hydrogens is 300 g/mol. The first-order chi connectivity index (χ1) is 10.6. The van der Waals surface area contributed by atoms with E-state index in [4.69, 9.17) is 16.3 Å². The molecule has 0 aliphatic rings. The molecule has 2 N–H and O–H groups in total. The van der Waals surface area contributed by atoms with Gasteiger partial charge in [0, 0.05) is 27.4 Å². The van der Waals surface area contributed by atoms with Gasteiger partial charge in [0.15, 0.2) is 0 Å². The first kappa shape index (κ1) is 14.5.